The number of hydrogen-bond donors (Lipinski definition) is 3. The number of nitrogens with zero attached hydrogens (tertiary/aromatic N) is 3. The first-order valence-corrected chi connectivity index (χ1v) is 13.7. The minimum absolute atomic E-state index is 0.0581. The van der Waals surface area contributed by atoms with Gasteiger partial charge in [-0.2, -0.15) is 5.10 Å². The predicted octanol–water partition coefficient (Wildman–Crippen LogP) is 1.37. The van der Waals surface area contributed by atoms with E-state index in [9.17, 15) is 28.2 Å². The van der Waals surface area contributed by atoms with E-state index in [1.54, 1.807) is 24.3 Å². The van der Waals surface area contributed by atoms with Gasteiger partial charge >= 0.3 is 0 Å². The Hall–Kier alpha value is -3.06. The van der Waals surface area contributed by atoms with E-state index in [2.05, 4.69) is 15.5 Å². The van der Waals surface area contributed by atoms with Gasteiger partial charge in [0.25, 0.3) is 17.3 Å². The molecule has 1 aromatic carbocycles. The monoisotopic (exact) mass is 564 g/mol. The molecule has 0 aliphatic heterocycles. The van der Waals surface area contributed by atoms with Crippen molar-refractivity contribution in [1.29, 1.82) is 0 Å². The summed E-state index contributed by atoms with van der Waals surface area (Å²) in [5.74, 6) is -0.633. The van der Waals surface area contributed by atoms with Gasteiger partial charge in [-0.1, -0.05) is 23.7 Å². The molecule has 11 nitrogen and oxygen atoms in total. The lowest BCUT2D eigenvalue weighted by Gasteiger charge is -2.33. The number of sulfone groups is 1. The summed E-state index contributed by atoms with van der Waals surface area (Å²) in [7, 11) is -2.48. The fourth-order valence-corrected chi connectivity index (χ4v) is 6.77. The summed E-state index contributed by atoms with van der Waals surface area (Å²) in [5.41, 5.74) is 0.362. The first kappa shape index (κ1) is 28.0. The number of fused-ring (bicyclic) bond motifs is 1. The van der Waals surface area contributed by atoms with Gasteiger partial charge in [-0.25, -0.2) is 8.42 Å². The summed E-state index contributed by atoms with van der Waals surface area (Å²) < 4.78 is 30.9. The molecule has 0 saturated heterocycles. The first-order chi connectivity index (χ1) is 17.8. The maximum absolute atomic E-state index is 13.3. The number of ether oxygens (including phenoxy) is 1. The molecule has 1 aliphatic rings. The molecule has 1 amide bonds. The van der Waals surface area contributed by atoms with Crippen molar-refractivity contribution in [3.63, 3.8) is 0 Å². The Morgan fingerprint density at radius 1 is 1.29 bits per heavy atom. The summed E-state index contributed by atoms with van der Waals surface area (Å²) in [5, 5.41) is 31.0. The molecule has 1 atom stereocenters. The van der Waals surface area contributed by atoms with Crippen LogP contribution in [-0.4, -0.2) is 68.1 Å². The number of nitrogens with one attached hydrogen (secondary N) is 1. The minimum Gasteiger partial charge on any atom is -0.473 e. The Kier molecular flexibility index (Phi) is 7.54. The Labute approximate surface area is 224 Å². The van der Waals surface area contributed by atoms with E-state index in [-0.39, 0.29) is 30.1 Å². The topological polar surface area (TPSA) is 161 Å². The average Bonchev–Trinajstić information content (AvgIpc) is 3.70. The number of aliphatic hydroxyl groups is 2. The molecule has 1 saturated carbocycles. The molecule has 38 heavy (non-hydrogen) atoms. The Bertz CT molecular complexity index is 1530. The molecule has 0 bridgehead atoms. The number of pyridine rings is 1. The van der Waals surface area contributed by atoms with Crippen LogP contribution in [0.4, 0.5) is 0 Å². The smallest absolute Gasteiger partial charge is 0.263 e. The van der Waals surface area contributed by atoms with Gasteiger partial charge in [-0.15, -0.1) is 5.10 Å². The van der Waals surface area contributed by atoms with E-state index in [1.165, 1.54) is 37.7 Å². The van der Waals surface area contributed by atoms with E-state index in [0.29, 0.717) is 23.3 Å². The molecule has 3 N–H and O–H groups in total. The highest BCUT2D eigenvalue weighted by atomic mass is 35.5. The van der Waals surface area contributed by atoms with Crippen LogP contribution in [0.25, 0.3) is 10.9 Å². The van der Waals surface area contributed by atoms with E-state index in [0.717, 1.165) is 5.56 Å². The highest BCUT2D eigenvalue weighted by molar-refractivity contribution is 7.94. The number of carbonyl (C=O) groups excluding carboxylic acids is 1. The van der Waals surface area contributed by atoms with Crippen molar-refractivity contribution in [2.45, 2.75) is 48.8 Å². The zero-order chi connectivity index (χ0) is 27.9. The Balaban J connectivity index is 1.58. The van der Waals surface area contributed by atoms with Crippen molar-refractivity contribution in [2.75, 3.05) is 13.2 Å². The number of aromatic nitrogens is 3. The van der Waals surface area contributed by atoms with Gasteiger partial charge in [0.1, 0.15) is 22.4 Å². The van der Waals surface area contributed by atoms with Crippen LogP contribution in [0, 0.1) is 0 Å². The zero-order valence-corrected chi connectivity index (χ0v) is 22.7. The largest absolute Gasteiger partial charge is 0.473 e. The molecule has 1 unspecified atom stereocenters. The maximum atomic E-state index is 13.3. The molecule has 0 radical (unpaired) electrons. The zero-order valence-electron chi connectivity index (χ0n) is 21.1. The third-order valence-corrected chi connectivity index (χ3v) is 10.7. The molecule has 1 aliphatic carbocycles. The van der Waals surface area contributed by atoms with Crippen LogP contribution in [-0.2, 0) is 23.4 Å². The van der Waals surface area contributed by atoms with Crippen LogP contribution in [0.5, 0.6) is 5.88 Å². The second-order valence-electron chi connectivity index (χ2n) is 9.96. The molecule has 3 aromatic rings. The van der Waals surface area contributed by atoms with Crippen LogP contribution in [0.2, 0.25) is 5.02 Å². The van der Waals surface area contributed by atoms with Gasteiger partial charge in [-0.3, -0.25) is 9.59 Å². The molecule has 2 aromatic heterocycles. The van der Waals surface area contributed by atoms with Crippen molar-refractivity contribution >= 4 is 38.2 Å². The molecule has 204 valence electrons. The molecule has 13 heteroatoms. The second kappa shape index (κ2) is 10.3. The van der Waals surface area contributed by atoms with Gasteiger partial charge in [0.05, 0.1) is 23.7 Å². The average molecular weight is 565 g/mol. The van der Waals surface area contributed by atoms with Crippen molar-refractivity contribution in [1.82, 2.24) is 20.1 Å². The van der Waals surface area contributed by atoms with Gasteiger partial charge in [0, 0.05) is 24.0 Å². The van der Waals surface area contributed by atoms with E-state index in [4.69, 9.17) is 16.3 Å². The summed E-state index contributed by atoms with van der Waals surface area (Å²) in [6, 6.07) is 8.31. The molecule has 0 spiro atoms. The SMILES string of the molecule is Cn1c(=O)c(C(=O)NCc2ccc(Cl)cc2)cc2cnnc(OCC3(S(=O)(=O)C(C)(C)C(O)CO)CC3)c21. The quantitative estimate of drug-likeness (QED) is 0.330. The van der Waals surface area contributed by atoms with Crippen LogP contribution in [0.3, 0.4) is 0 Å². The number of amides is 1. The normalized spacial score (nSPS) is 15.7. The van der Waals surface area contributed by atoms with Crippen LogP contribution in [0.15, 0.2) is 41.3 Å². The number of aliphatic hydroxyl groups excluding tert-OH is 2. The van der Waals surface area contributed by atoms with Gasteiger partial charge in [0.2, 0.25) is 0 Å². The van der Waals surface area contributed by atoms with Crippen molar-refractivity contribution < 1.29 is 28.2 Å². The standard InChI is InChI=1S/C25H29ClN4O7S/c1-24(2,19(32)13-31)38(35,36)25(8-9-25)14-37-22-20-16(12-28-29-22)10-18(23(34)30(20)3)21(33)27-11-15-4-6-17(26)7-5-15/h4-7,10,12,19,31-32H,8-9,11,13-14H2,1-3H3,(H,27,33). The summed E-state index contributed by atoms with van der Waals surface area (Å²) in [6.07, 6.45) is 0.535. The summed E-state index contributed by atoms with van der Waals surface area (Å²) in [4.78, 5) is 25.9. The van der Waals surface area contributed by atoms with Gasteiger partial charge in [0.15, 0.2) is 9.84 Å². The highest BCUT2D eigenvalue weighted by Crippen LogP contribution is 2.49. The highest BCUT2D eigenvalue weighted by Gasteiger charge is 2.62. The van der Waals surface area contributed by atoms with Crippen LogP contribution < -0.4 is 15.6 Å². The maximum Gasteiger partial charge on any atom is 0.263 e. The van der Waals surface area contributed by atoms with Crippen LogP contribution >= 0.6 is 11.6 Å². The number of hydrogen-bond acceptors (Lipinski definition) is 9. The fraction of sp³-hybridized carbons (Fsp3) is 0.440. The van der Waals surface area contributed by atoms with Crippen molar-refractivity contribution in [3.05, 3.63) is 63.0 Å². The molecule has 1 fully saturated rings. The number of aryl methyl sites for hydroxylation is 1. The van der Waals surface area contributed by atoms with E-state index >= 15 is 0 Å². The summed E-state index contributed by atoms with van der Waals surface area (Å²) >= 11 is 5.89. The lowest BCUT2D eigenvalue weighted by atomic mass is 10.1. The van der Waals surface area contributed by atoms with Crippen molar-refractivity contribution in [3.8, 4) is 5.88 Å². The third kappa shape index (κ3) is 4.89. The molecular formula is C25H29ClN4O7S. The lowest BCUT2D eigenvalue weighted by Crippen LogP contribution is -2.52. The molecular weight excluding hydrogens is 536 g/mol. The predicted molar refractivity (Wildman–Crippen MR) is 141 cm³/mol. The lowest BCUT2D eigenvalue weighted by molar-refractivity contribution is 0.0684. The number of halogens is 1. The number of carbonyl (C=O) groups is 1. The van der Waals surface area contributed by atoms with E-state index < -0.39 is 43.5 Å². The van der Waals surface area contributed by atoms with E-state index in [1.807, 2.05) is 0 Å². The van der Waals surface area contributed by atoms with Gasteiger partial charge in [-0.05, 0) is 50.5 Å². The van der Waals surface area contributed by atoms with Gasteiger partial charge < -0.3 is 24.8 Å². The second-order valence-corrected chi connectivity index (χ2v) is 13.3. The molecule has 2 heterocycles. The third-order valence-electron chi connectivity index (χ3n) is 7.12. The number of benzene rings is 1. The fourth-order valence-electron chi connectivity index (χ4n) is 4.24. The Morgan fingerprint density at radius 3 is 2.55 bits per heavy atom. The Morgan fingerprint density at radius 2 is 1.95 bits per heavy atom. The summed E-state index contributed by atoms with van der Waals surface area (Å²) in [6.45, 7) is 1.95. The molecule has 4 rings (SSSR count). The first-order valence-electron chi connectivity index (χ1n) is 11.9. The van der Waals surface area contributed by atoms with Crippen LogP contribution in [0.1, 0.15) is 42.6 Å². The van der Waals surface area contributed by atoms with Crippen molar-refractivity contribution in [2.24, 2.45) is 7.05 Å². The number of rotatable bonds is 10. The minimum atomic E-state index is -3.94.